The zero-order chi connectivity index (χ0) is 29.0. The topological polar surface area (TPSA) is 100 Å². The highest BCUT2D eigenvalue weighted by atomic mass is 32.2. The van der Waals surface area contributed by atoms with Crippen LogP contribution in [-0.4, -0.2) is 78.6 Å². The highest BCUT2D eigenvalue weighted by Gasteiger charge is 2.36. The fourth-order valence-electron chi connectivity index (χ4n) is 5.42. The summed E-state index contributed by atoms with van der Waals surface area (Å²) in [6.07, 6.45) is 6.27. The lowest BCUT2D eigenvalue weighted by Crippen LogP contribution is -2.41. The number of thiocarbonyl (C=S) groups is 1. The second-order valence-corrected chi connectivity index (χ2v) is 14.5. The summed E-state index contributed by atoms with van der Waals surface area (Å²) >= 11 is 6.71. The number of benzene rings is 1. The molecule has 3 fully saturated rings. The van der Waals surface area contributed by atoms with Gasteiger partial charge in [-0.2, -0.15) is 0 Å². The number of carbonyl (C=O) groups is 2. The summed E-state index contributed by atoms with van der Waals surface area (Å²) in [4.78, 5) is 32.4. The Morgan fingerprint density at radius 1 is 1.17 bits per heavy atom. The molecule has 3 saturated heterocycles. The first-order valence-electron chi connectivity index (χ1n) is 14.0. The van der Waals surface area contributed by atoms with E-state index in [1.807, 2.05) is 36.4 Å². The minimum atomic E-state index is -3.18. The number of furan rings is 1. The molecular weight excluding hydrogens is 583 g/mol. The lowest BCUT2D eigenvalue weighted by molar-refractivity contribution is -0.134. The van der Waals surface area contributed by atoms with Crippen molar-refractivity contribution in [1.82, 2.24) is 9.80 Å². The lowest BCUT2D eigenvalue weighted by atomic mass is 10.1. The van der Waals surface area contributed by atoms with Crippen LogP contribution in [0.1, 0.15) is 49.8 Å². The summed E-state index contributed by atoms with van der Waals surface area (Å²) in [6, 6.07) is 10.8. The molecule has 5 rings (SSSR count). The number of carbonyl (C=O) groups excluding carboxylic acids is 2. The number of piperidine rings is 1. The van der Waals surface area contributed by atoms with Crippen LogP contribution in [0.3, 0.4) is 0 Å². The molecule has 0 radical (unpaired) electrons. The number of rotatable bonds is 10. The maximum absolute atomic E-state index is 13.5. The first-order valence-corrected chi connectivity index (χ1v) is 17.0. The third-order valence-electron chi connectivity index (χ3n) is 7.67. The van der Waals surface area contributed by atoms with Gasteiger partial charge in [0.25, 0.3) is 5.91 Å². The molecule has 12 heteroatoms. The summed E-state index contributed by atoms with van der Waals surface area (Å²) < 4.78 is 36.2. The Balaban J connectivity index is 1.21. The molecule has 0 saturated carbocycles. The highest BCUT2D eigenvalue weighted by Crippen LogP contribution is 2.33. The average molecular weight is 618 g/mol. The fraction of sp³-hybridized carbons (Fsp3) is 0.483. The number of methoxy groups -OCH3 is 1. The quantitative estimate of drug-likeness (QED) is 0.282. The van der Waals surface area contributed by atoms with Gasteiger partial charge >= 0.3 is 0 Å². The summed E-state index contributed by atoms with van der Waals surface area (Å²) in [5.74, 6) is 1.88. The van der Waals surface area contributed by atoms with Crippen molar-refractivity contribution in [1.29, 1.82) is 0 Å². The van der Waals surface area contributed by atoms with E-state index in [0.29, 0.717) is 34.4 Å². The number of anilines is 1. The Hall–Kier alpha value is -2.83. The molecule has 3 aliphatic heterocycles. The van der Waals surface area contributed by atoms with Crippen LogP contribution in [0.25, 0.3) is 6.08 Å². The van der Waals surface area contributed by atoms with E-state index >= 15 is 0 Å². The Kier molecular flexibility index (Phi) is 9.40. The average Bonchev–Trinajstić information content (AvgIpc) is 3.66. The van der Waals surface area contributed by atoms with Gasteiger partial charge in [0.2, 0.25) is 5.91 Å². The van der Waals surface area contributed by atoms with E-state index in [0.717, 1.165) is 43.1 Å². The molecule has 0 aliphatic carbocycles. The zero-order valence-corrected chi connectivity index (χ0v) is 25.6. The van der Waals surface area contributed by atoms with Gasteiger partial charge in [0.05, 0.1) is 30.1 Å². The van der Waals surface area contributed by atoms with Crippen LogP contribution < -0.4 is 9.64 Å². The van der Waals surface area contributed by atoms with Gasteiger partial charge in [0.15, 0.2) is 15.7 Å². The minimum absolute atomic E-state index is 0.0384. The minimum Gasteiger partial charge on any atom is -0.497 e. The van der Waals surface area contributed by atoms with E-state index in [2.05, 4.69) is 4.90 Å². The van der Waals surface area contributed by atoms with Gasteiger partial charge in [-0.25, -0.2) is 8.42 Å². The summed E-state index contributed by atoms with van der Waals surface area (Å²) in [6.45, 7) is 2.43. The number of thioether (sulfide) groups is 1. The normalized spacial score (nSPS) is 21.6. The van der Waals surface area contributed by atoms with E-state index < -0.39 is 9.84 Å². The Labute approximate surface area is 250 Å². The van der Waals surface area contributed by atoms with Crippen LogP contribution in [0.2, 0.25) is 0 Å². The van der Waals surface area contributed by atoms with E-state index in [1.54, 1.807) is 18.1 Å². The molecular formula is C29H35N3O6S3. The second-order valence-electron chi connectivity index (χ2n) is 10.6. The number of hydrogen-bond donors (Lipinski definition) is 0. The van der Waals surface area contributed by atoms with Crippen molar-refractivity contribution in [2.45, 2.75) is 51.1 Å². The molecule has 0 bridgehead atoms. The number of ether oxygens (including phenoxy) is 1. The molecule has 0 N–H and O–H groups in total. The molecule has 1 unspecified atom stereocenters. The second kappa shape index (κ2) is 13.0. The molecule has 0 spiro atoms. The molecule has 2 aromatic rings. The molecule has 1 aromatic heterocycles. The number of sulfone groups is 1. The van der Waals surface area contributed by atoms with E-state index in [4.69, 9.17) is 21.4 Å². The van der Waals surface area contributed by atoms with Gasteiger partial charge < -0.3 is 19.0 Å². The Morgan fingerprint density at radius 2 is 1.93 bits per heavy atom. The SMILES string of the molecule is COc1ccc(/C=C2\SC(=S)N(CCCC(=O)N(Cc3ccc(N4CCCCC4)o3)C3CCS(=O)(=O)C3)C2=O)cc1. The first-order chi connectivity index (χ1) is 19.7. The molecule has 3 aliphatic rings. The van der Waals surface area contributed by atoms with Crippen molar-refractivity contribution >= 4 is 61.9 Å². The Bertz CT molecular complexity index is 1410. The van der Waals surface area contributed by atoms with E-state index in [9.17, 15) is 18.0 Å². The summed E-state index contributed by atoms with van der Waals surface area (Å²) in [5.41, 5.74) is 0.866. The van der Waals surface area contributed by atoms with Crippen LogP contribution in [0.4, 0.5) is 5.88 Å². The Morgan fingerprint density at radius 3 is 2.61 bits per heavy atom. The smallest absolute Gasteiger partial charge is 0.266 e. The number of amides is 2. The van der Waals surface area contributed by atoms with Gasteiger partial charge in [-0.3, -0.25) is 14.5 Å². The van der Waals surface area contributed by atoms with Gasteiger partial charge in [0.1, 0.15) is 15.8 Å². The van der Waals surface area contributed by atoms with Gasteiger partial charge in [-0.15, -0.1) is 0 Å². The summed E-state index contributed by atoms with van der Waals surface area (Å²) in [7, 11) is -1.58. The lowest BCUT2D eigenvalue weighted by Gasteiger charge is -2.28. The predicted octanol–water partition coefficient (Wildman–Crippen LogP) is 4.48. The number of hydrogen-bond acceptors (Lipinski definition) is 9. The van der Waals surface area contributed by atoms with Crippen LogP contribution in [0, 0.1) is 0 Å². The molecule has 220 valence electrons. The van der Waals surface area contributed by atoms with Crippen molar-refractivity contribution < 1.29 is 27.2 Å². The van der Waals surface area contributed by atoms with E-state index in [1.165, 1.54) is 23.1 Å². The maximum atomic E-state index is 13.5. The van der Waals surface area contributed by atoms with Crippen LogP contribution in [0.5, 0.6) is 5.75 Å². The van der Waals surface area contributed by atoms with Crippen molar-refractivity contribution in [3.63, 3.8) is 0 Å². The van der Waals surface area contributed by atoms with Crippen molar-refractivity contribution in [2.24, 2.45) is 0 Å². The standard InChI is InChI=1S/C29H35N3O6S3/c1-37-23-9-7-21(8-10-23)18-25-28(34)31(29(39)40-25)16-5-6-26(33)32(22-13-17-41(35,36)20-22)19-24-11-12-27(38-24)30-14-3-2-4-15-30/h7-12,18,22H,2-6,13-17,19-20H2,1H3/b25-18-. The monoisotopic (exact) mass is 617 g/mol. The zero-order valence-electron chi connectivity index (χ0n) is 23.1. The fourth-order valence-corrected chi connectivity index (χ4v) is 8.46. The van der Waals surface area contributed by atoms with Crippen molar-refractivity contribution in [2.75, 3.05) is 43.1 Å². The van der Waals surface area contributed by atoms with Crippen LogP contribution in [-0.2, 0) is 26.0 Å². The van der Waals surface area contributed by atoms with Crippen LogP contribution in [0.15, 0.2) is 45.7 Å². The first kappa shape index (κ1) is 29.7. The maximum Gasteiger partial charge on any atom is 0.266 e. The third kappa shape index (κ3) is 7.34. The summed E-state index contributed by atoms with van der Waals surface area (Å²) in [5, 5.41) is 0. The highest BCUT2D eigenvalue weighted by molar-refractivity contribution is 8.26. The van der Waals surface area contributed by atoms with Gasteiger partial charge in [-0.05, 0) is 61.9 Å². The molecule has 2 amide bonds. The molecule has 1 aromatic carbocycles. The van der Waals surface area contributed by atoms with Crippen LogP contribution >= 0.6 is 24.0 Å². The molecule has 1 atom stereocenters. The van der Waals surface area contributed by atoms with Crippen molar-refractivity contribution in [3.8, 4) is 5.75 Å². The predicted molar refractivity (Wildman–Crippen MR) is 164 cm³/mol. The third-order valence-corrected chi connectivity index (χ3v) is 10.8. The largest absolute Gasteiger partial charge is 0.497 e. The molecule has 4 heterocycles. The molecule has 41 heavy (non-hydrogen) atoms. The van der Waals surface area contributed by atoms with Gasteiger partial charge in [-0.1, -0.05) is 36.1 Å². The van der Waals surface area contributed by atoms with Crippen molar-refractivity contribution in [3.05, 3.63) is 52.6 Å². The molecule has 9 nitrogen and oxygen atoms in total. The number of nitrogens with zero attached hydrogens (tertiary/aromatic N) is 3. The van der Waals surface area contributed by atoms with Gasteiger partial charge in [0, 0.05) is 38.2 Å². The van der Waals surface area contributed by atoms with E-state index in [-0.39, 0.29) is 42.3 Å².